The van der Waals surface area contributed by atoms with Crippen molar-refractivity contribution in [3.05, 3.63) is 29.6 Å². The number of rotatable bonds is 3. The molecule has 2 atom stereocenters. The number of aryl methyl sites for hydroxylation is 1. The number of hydrogen-bond acceptors (Lipinski definition) is 3. The lowest BCUT2D eigenvalue weighted by atomic mass is 9.70. The first-order valence-electron chi connectivity index (χ1n) is 7.01. The first-order chi connectivity index (χ1) is 8.87. The Hall–Kier alpha value is -1.40. The maximum atomic E-state index is 8.75. The molecule has 0 aromatic carbocycles. The minimum Gasteiger partial charge on any atom is -0.325 e. The molecule has 3 nitrogen and oxygen atoms in total. The molecule has 0 saturated heterocycles. The molecule has 0 amide bonds. The van der Waals surface area contributed by atoms with E-state index in [2.05, 4.69) is 31.8 Å². The van der Waals surface area contributed by atoms with E-state index in [4.69, 9.17) is 11.0 Å². The van der Waals surface area contributed by atoms with Gasteiger partial charge in [0, 0.05) is 17.4 Å². The molecule has 1 aromatic heterocycles. The second-order valence-corrected chi connectivity index (χ2v) is 6.56. The lowest BCUT2D eigenvalue weighted by Gasteiger charge is -2.39. The Morgan fingerprint density at radius 2 is 2.16 bits per heavy atom. The number of aromatic nitrogens is 1. The van der Waals surface area contributed by atoms with Crippen LogP contribution in [0.3, 0.4) is 0 Å². The van der Waals surface area contributed by atoms with Crippen molar-refractivity contribution in [1.82, 2.24) is 4.98 Å². The van der Waals surface area contributed by atoms with Crippen molar-refractivity contribution in [1.29, 1.82) is 5.26 Å². The van der Waals surface area contributed by atoms with Gasteiger partial charge in [0.15, 0.2) is 0 Å². The van der Waals surface area contributed by atoms with E-state index in [1.807, 2.05) is 12.1 Å². The van der Waals surface area contributed by atoms with Crippen molar-refractivity contribution >= 4 is 0 Å². The normalized spacial score (nSPS) is 29.1. The third kappa shape index (κ3) is 2.64. The Morgan fingerprint density at radius 1 is 1.42 bits per heavy atom. The Morgan fingerprint density at radius 3 is 2.63 bits per heavy atom. The summed E-state index contributed by atoms with van der Waals surface area (Å²) < 4.78 is 0. The van der Waals surface area contributed by atoms with Crippen molar-refractivity contribution in [2.45, 2.75) is 52.0 Å². The van der Waals surface area contributed by atoms with Crippen molar-refractivity contribution in [2.75, 3.05) is 0 Å². The van der Waals surface area contributed by atoms with Crippen molar-refractivity contribution in [3.8, 4) is 6.07 Å². The summed E-state index contributed by atoms with van der Waals surface area (Å²) in [5.74, 6) is 0.653. The molecule has 1 fully saturated rings. The summed E-state index contributed by atoms with van der Waals surface area (Å²) in [5.41, 5.74) is 8.22. The third-order valence-corrected chi connectivity index (χ3v) is 5.21. The average molecular weight is 257 g/mol. The molecule has 0 spiro atoms. The van der Waals surface area contributed by atoms with Crippen LogP contribution >= 0.6 is 0 Å². The summed E-state index contributed by atoms with van der Waals surface area (Å²) in [7, 11) is 0. The largest absolute Gasteiger partial charge is 0.325 e. The molecule has 2 rings (SSSR count). The molecule has 1 heterocycles. The van der Waals surface area contributed by atoms with Gasteiger partial charge in [-0.2, -0.15) is 5.26 Å². The SMILES string of the molecule is CC1(C)[C@@H](CCc2ccc(C#N)cn2)CC[C@@]1(C)N. The van der Waals surface area contributed by atoms with E-state index < -0.39 is 0 Å². The lowest BCUT2D eigenvalue weighted by Crippen LogP contribution is -2.48. The molecule has 1 aliphatic rings. The molecule has 2 N–H and O–H groups in total. The topological polar surface area (TPSA) is 62.7 Å². The first-order valence-corrected chi connectivity index (χ1v) is 7.01. The summed E-state index contributed by atoms with van der Waals surface area (Å²) in [6, 6.07) is 5.90. The molecule has 102 valence electrons. The van der Waals surface area contributed by atoms with Gasteiger partial charge in [0.1, 0.15) is 6.07 Å². The highest BCUT2D eigenvalue weighted by molar-refractivity contribution is 5.26. The fourth-order valence-electron chi connectivity index (χ4n) is 3.09. The zero-order valence-electron chi connectivity index (χ0n) is 12.1. The average Bonchev–Trinajstić information content (AvgIpc) is 2.58. The van der Waals surface area contributed by atoms with Crippen LogP contribution in [-0.2, 0) is 6.42 Å². The van der Waals surface area contributed by atoms with E-state index in [1.54, 1.807) is 6.20 Å². The Bertz CT molecular complexity index is 480. The van der Waals surface area contributed by atoms with Gasteiger partial charge in [-0.05, 0) is 56.1 Å². The fourth-order valence-corrected chi connectivity index (χ4v) is 3.09. The lowest BCUT2D eigenvalue weighted by molar-refractivity contribution is 0.157. The van der Waals surface area contributed by atoms with E-state index in [0.717, 1.165) is 25.0 Å². The second-order valence-electron chi connectivity index (χ2n) is 6.56. The van der Waals surface area contributed by atoms with Crippen LogP contribution in [0.2, 0.25) is 0 Å². The maximum Gasteiger partial charge on any atom is 0.101 e. The van der Waals surface area contributed by atoms with E-state index in [0.29, 0.717) is 11.5 Å². The van der Waals surface area contributed by atoms with E-state index in [-0.39, 0.29) is 11.0 Å². The van der Waals surface area contributed by atoms with Crippen molar-refractivity contribution in [2.24, 2.45) is 17.1 Å². The molecule has 0 aliphatic heterocycles. The molecule has 1 saturated carbocycles. The highest BCUT2D eigenvalue weighted by Gasteiger charge is 2.48. The third-order valence-electron chi connectivity index (χ3n) is 5.21. The van der Waals surface area contributed by atoms with Gasteiger partial charge in [-0.1, -0.05) is 13.8 Å². The molecular weight excluding hydrogens is 234 g/mol. The summed E-state index contributed by atoms with van der Waals surface area (Å²) in [6.45, 7) is 6.75. The monoisotopic (exact) mass is 257 g/mol. The minimum absolute atomic E-state index is 0.0598. The summed E-state index contributed by atoms with van der Waals surface area (Å²) in [4.78, 5) is 4.34. The standard InChI is InChI=1S/C16H23N3/c1-15(2)13(8-9-16(15,3)18)5-7-14-6-4-12(10-17)11-19-14/h4,6,11,13H,5,7-9,18H2,1-3H3/t13-,16+/m0/s1. The van der Waals surface area contributed by atoms with Crippen LogP contribution in [0.5, 0.6) is 0 Å². The van der Waals surface area contributed by atoms with Crippen LogP contribution in [0.1, 0.15) is 51.3 Å². The Balaban J connectivity index is 1.98. The van der Waals surface area contributed by atoms with Gasteiger partial charge >= 0.3 is 0 Å². The zero-order valence-corrected chi connectivity index (χ0v) is 12.1. The van der Waals surface area contributed by atoms with Crippen LogP contribution in [0.15, 0.2) is 18.3 Å². The molecule has 0 bridgehead atoms. The fraction of sp³-hybridized carbons (Fsp3) is 0.625. The van der Waals surface area contributed by atoms with Gasteiger partial charge in [-0.15, -0.1) is 0 Å². The van der Waals surface area contributed by atoms with Gasteiger partial charge < -0.3 is 5.73 Å². The minimum atomic E-state index is -0.0598. The van der Waals surface area contributed by atoms with E-state index in [9.17, 15) is 0 Å². The van der Waals surface area contributed by atoms with Crippen molar-refractivity contribution < 1.29 is 0 Å². The predicted molar refractivity (Wildman–Crippen MR) is 76.4 cm³/mol. The molecule has 0 unspecified atom stereocenters. The molecular formula is C16H23N3. The number of nitriles is 1. The molecule has 19 heavy (non-hydrogen) atoms. The van der Waals surface area contributed by atoms with Crippen LogP contribution in [0.25, 0.3) is 0 Å². The first kappa shape index (κ1) is 14.0. The zero-order chi connectivity index (χ0) is 14.1. The predicted octanol–water partition coefficient (Wildman–Crippen LogP) is 3.04. The van der Waals surface area contributed by atoms with Crippen LogP contribution in [0.4, 0.5) is 0 Å². The highest BCUT2D eigenvalue weighted by Crippen LogP contribution is 2.50. The van der Waals surface area contributed by atoms with Crippen molar-refractivity contribution in [3.63, 3.8) is 0 Å². The number of nitrogens with zero attached hydrogens (tertiary/aromatic N) is 2. The smallest absolute Gasteiger partial charge is 0.101 e. The Kier molecular flexibility index (Phi) is 3.64. The number of pyridine rings is 1. The summed E-state index contributed by atoms with van der Waals surface area (Å²) in [6.07, 6.45) is 6.05. The van der Waals surface area contributed by atoms with Gasteiger partial charge in [0.25, 0.3) is 0 Å². The van der Waals surface area contributed by atoms with Crippen LogP contribution in [-0.4, -0.2) is 10.5 Å². The molecule has 3 heteroatoms. The van der Waals surface area contributed by atoms with E-state index >= 15 is 0 Å². The van der Waals surface area contributed by atoms with Gasteiger partial charge in [-0.25, -0.2) is 0 Å². The van der Waals surface area contributed by atoms with Gasteiger partial charge in [0.2, 0.25) is 0 Å². The summed E-state index contributed by atoms with van der Waals surface area (Å²) in [5, 5.41) is 8.75. The van der Waals surface area contributed by atoms with Crippen LogP contribution < -0.4 is 5.73 Å². The van der Waals surface area contributed by atoms with E-state index in [1.165, 1.54) is 6.42 Å². The number of hydrogen-bond donors (Lipinski definition) is 1. The maximum absolute atomic E-state index is 8.75. The van der Waals surface area contributed by atoms with Gasteiger partial charge in [-0.3, -0.25) is 4.98 Å². The molecule has 1 aliphatic carbocycles. The summed E-state index contributed by atoms with van der Waals surface area (Å²) >= 11 is 0. The Labute approximate surface area is 115 Å². The molecule has 1 aromatic rings. The van der Waals surface area contributed by atoms with Gasteiger partial charge in [0.05, 0.1) is 5.56 Å². The molecule has 0 radical (unpaired) electrons. The van der Waals surface area contributed by atoms with Crippen LogP contribution in [0, 0.1) is 22.7 Å². The quantitative estimate of drug-likeness (QED) is 0.905. The number of nitrogens with two attached hydrogens (primary N) is 1. The second kappa shape index (κ2) is 4.94. The highest BCUT2D eigenvalue weighted by atomic mass is 14.8.